The number of pyridine rings is 1. The van der Waals surface area contributed by atoms with Crippen LogP contribution in [0.25, 0.3) is 17.1 Å². The molecule has 0 aliphatic heterocycles. The van der Waals surface area contributed by atoms with Gasteiger partial charge in [0.2, 0.25) is 0 Å². The van der Waals surface area contributed by atoms with Gasteiger partial charge in [0.1, 0.15) is 11.3 Å². The minimum absolute atomic E-state index is 0.120. The van der Waals surface area contributed by atoms with Gasteiger partial charge in [-0.05, 0) is 12.1 Å². The predicted octanol–water partition coefficient (Wildman–Crippen LogP) is 1.69. The molecule has 3 heterocycles. The Morgan fingerprint density at radius 2 is 2.29 bits per heavy atom. The van der Waals surface area contributed by atoms with E-state index in [4.69, 9.17) is 9.63 Å². The van der Waals surface area contributed by atoms with Crippen molar-refractivity contribution in [1.82, 2.24) is 14.5 Å². The summed E-state index contributed by atoms with van der Waals surface area (Å²) in [5.74, 6) is -0.741. The van der Waals surface area contributed by atoms with E-state index in [2.05, 4.69) is 10.1 Å². The van der Waals surface area contributed by atoms with Crippen molar-refractivity contribution in [2.75, 3.05) is 0 Å². The maximum absolute atomic E-state index is 10.7. The second kappa shape index (κ2) is 3.44. The summed E-state index contributed by atoms with van der Waals surface area (Å²) < 4.78 is 6.78. The van der Waals surface area contributed by atoms with Crippen molar-refractivity contribution in [3.8, 4) is 11.5 Å². The number of nitrogens with zero attached hydrogens (tertiary/aromatic N) is 3. The lowest BCUT2D eigenvalue weighted by atomic mass is 10.3. The molecule has 0 bridgehead atoms. The summed E-state index contributed by atoms with van der Waals surface area (Å²) in [6, 6.07) is 6.94. The molecular weight excluding hydrogens is 222 g/mol. The summed E-state index contributed by atoms with van der Waals surface area (Å²) in [5.41, 5.74) is 1.31. The number of aromatic carboxylic acids is 1. The second-order valence-electron chi connectivity index (χ2n) is 3.45. The Morgan fingerprint density at radius 1 is 1.41 bits per heavy atom. The fourth-order valence-corrected chi connectivity index (χ4v) is 1.61. The number of carbonyl (C=O) groups is 1. The molecule has 84 valence electrons. The molecule has 0 aliphatic carbocycles. The van der Waals surface area contributed by atoms with E-state index < -0.39 is 5.97 Å². The van der Waals surface area contributed by atoms with Gasteiger partial charge in [0.15, 0.2) is 11.5 Å². The molecule has 0 saturated heterocycles. The monoisotopic (exact) mass is 229 g/mol. The molecular formula is C11H7N3O3. The van der Waals surface area contributed by atoms with Gasteiger partial charge in [-0.3, -0.25) is 4.40 Å². The molecule has 0 unspecified atom stereocenters. The minimum atomic E-state index is -1.12. The molecule has 17 heavy (non-hydrogen) atoms. The highest BCUT2D eigenvalue weighted by Gasteiger charge is 2.14. The standard InChI is InChI=1S/C11H7N3O3/c15-11(16)7-5-9(17-13-7)8-6-12-10-3-1-2-4-14(8)10/h1-6H,(H,15,16). The van der Waals surface area contributed by atoms with Crippen molar-refractivity contribution in [3.63, 3.8) is 0 Å². The van der Waals surface area contributed by atoms with Crippen LogP contribution in [0.4, 0.5) is 0 Å². The van der Waals surface area contributed by atoms with Gasteiger partial charge in [0.05, 0.1) is 6.20 Å². The normalized spacial score (nSPS) is 10.8. The molecule has 0 spiro atoms. The highest BCUT2D eigenvalue weighted by Crippen LogP contribution is 2.21. The lowest BCUT2D eigenvalue weighted by Gasteiger charge is -1.95. The van der Waals surface area contributed by atoms with E-state index in [0.717, 1.165) is 5.65 Å². The van der Waals surface area contributed by atoms with E-state index in [1.54, 1.807) is 10.6 Å². The van der Waals surface area contributed by atoms with Crippen molar-refractivity contribution >= 4 is 11.6 Å². The smallest absolute Gasteiger partial charge is 0.358 e. The number of hydrogen-bond donors (Lipinski definition) is 1. The van der Waals surface area contributed by atoms with Gasteiger partial charge < -0.3 is 9.63 Å². The third-order valence-electron chi connectivity index (χ3n) is 2.40. The first kappa shape index (κ1) is 9.59. The molecule has 6 nitrogen and oxygen atoms in total. The molecule has 0 saturated carbocycles. The second-order valence-corrected chi connectivity index (χ2v) is 3.45. The third kappa shape index (κ3) is 1.46. The number of hydrogen-bond acceptors (Lipinski definition) is 4. The van der Waals surface area contributed by atoms with Gasteiger partial charge in [-0.15, -0.1) is 0 Å². The van der Waals surface area contributed by atoms with Gasteiger partial charge in [0.25, 0.3) is 0 Å². The third-order valence-corrected chi connectivity index (χ3v) is 2.40. The maximum Gasteiger partial charge on any atom is 0.358 e. The van der Waals surface area contributed by atoms with Crippen LogP contribution in [0.1, 0.15) is 10.5 Å². The van der Waals surface area contributed by atoms with Crippen molar-refractivity contribution in [2.45, 2.75) is 0 Å². The number of fused-ring (bicyclic) bond motifs is 1. The lowest BCUT2D eigenvalue weighted by Crippen LogP contribution is -1.94. The fourth-order valence-electron chi connectivity index (χ4n) is 1.61. The van der Waals surface area contributed by atoms with E-state index in [1.807, 2.05) is 24.4 Å². The molecule has 0 amide bonds. The average molecular weight is 229 g/mol. The van der Waals surface area contributed by atoms with E-state index in [1.165, 1.54) is 6.07 Å². The topological polar surface area (TPSA) is 80.6 Å². The van der Waals surface area contributed by atoms with E-state index in [0.29, 0.717) is 11.5 Å². The molecule has 3 aromatic heterocycles. The molecule has 0 aromatic carbocycles. The first-order valence-corrected chi connectivity index (χ1v) is 4.88. The van der Waals surface area contributed by atoms with E-state index in [-0.39, 0.29) is 5.69 Å². The SMILES string of the molecule is O=C(O)c1cc(-c2cnc3ccccn23)on1. The lowest BCUT2D eigenvalue weighted by molar-refractivity contribution is 0.0686. The zero-order valence-corrected chi connectivity index (χ0v) is 8.57. The van der Waals surface area contributed by atoms with Crippen LogP contribution < -0.4 is 0 Å². The van der Waals surface area contributed by atoms with Gasteiger partial charge in [-0.2, -0.15) is 0 Å². The number of imidazole rings is 1. The Balaban J connectivity index is 2.17. The molecule has 0 fully saturated rings. The zero-order valence-electron chi connectivity index (χ0n) is 8.57. The molecule has 6 heteroatoms. The van der Waals surface area contributed by atoms with Crippen LogP contribution in [0, 0.1) is 0 Å². The fraction of sp³-hybridized carbons (Fsp3) is 0. The number of rotatable bonds is 2. The van der Waals surface area contributed by atoms with Gasteiger partial charge in [0, 0.05) is 12.3 Å². The summed E-state index contributed by atoms with van der Waals surface area (Å²) in [4.78, 5) is 14.9. The summed E-state index contributed by atoms with van der Waals surface area (Å²) in [6.45, 7) is 0. The molecule has 0 atom stereocenters. The van der Waals surface area contributed by atoms with Crippen LogP contribution in [-0.2, 0) is 0 Å². The Morgan fingerprint density at radius 3 is 3.06 bits per heavy atom. The predicted molar refractivity (Wildman–Crippen MR) is 57.6 cm³/mol. The van der Waals surface area contributed by atoms with E-state index in [9.17, 15) is 4.79 Å². The highest BCUT2D eigenvalue weighted by molar-refractivity contribution is 5.86. The molecule has 0 radical (unpaired) electrons. The Kier molecular flexibility index (Phi) is 1.94. The van der Waals surface area contributed by atoms with Gasteiger partial charge in [-0.25, -0.2) is 9.78 Å². The summed E-state index contributed by atoms with van der Waals surface area (Å²) in [7, 11) is 0. The van der Waals surface area contributed by atoms with Crippen LogP contribution in [-0.4, -0.2) is 25.6 Å². The zero-order chi connectivity index (χ0) is 11.8. The van der Waals surface area contributed by atoms with E-state index >= 15 is 0 Å². The first-order valence-electron chi connectivity index (χ1n) is 4.88. The Hall–Kier alpha value is -2.63. The molecule has 3 aromatic rings. The first-order chi connectivity index (χ1) is 8.25. The minimum Gasteiger partial charge on any atom is -0.476 e. The van der Waals surface area contributed by atoms with Crippen molar-refractivity contribution in [2.24, 2.45) is 0 Å². The molecule has 1 N–H and O–H groups in total. The van der Waals surface area contributed by atoms with Crippen LogP contribution >= 0.6 is 0 Å². The van der Waals surface area contributed by atoms with Crippen LogP contribution in [0.15, 0.2) is 41.2 Å². The summed E-state index contributed by atoms with van der Waals surface area (Å²) >= 11 is 0. The van der Waals surface area contributed by atoms with Crippen molar-refractivity contribution < 1.29 is 14.4 Å². The number of carboxylic acid groups (broad SMARTS) is 1. The molecule has 3 rings (SSSR count). The van der Waals surface area contributed by atoms with Crippen LogP contribution in [0.5, 0.6) is 0 Å². The van der Waals surface area contributed by atoms with Gasteiger partial charge >= 0.3 is 5.97 Å². The number of carboxylic acids is 1. The van der Waals surface area contributed by atoms with Gasteiger partial charge in [-0.1, -0.05) is 11.2 Å². The maximum atomic E-state index is 10.7. The summed E-state index contributed by atoms with van der Waals surface area (Å²) in [6.07, 6.45) is 3.43. The van der Waals surface area contributed by atoms with Crippen molar-refractivity contribution in [3.05, 3.63) is 42.4 Å². The largest absolute Gasteiger partial charge is 0.476 e. The highest BCUT2D eigenvalue weighted by atomic mass is 16.5. The summed E-state index contributed by atoms with van der Waals surface area (Å²) in [5, 5.41) is 12.2. The molecule has 0 aliphatic rings. The van der Waals surface area contributed by atoms with Crippen molar-refractivity contribution in [1.29, 1.82) is 0 Å². The van der Waals surface area contributed by atoms with Crippen LogP contribution in [0.2, 0.25) is 0 Å². The quantitative estimate of drug-likeness (QED) is 0.723. The van der Waals surface area contributed by atoms with Crippen LogP contribution in [0.3, 0.4) is 0 Å². The Bertz CT molecular complexity index is 699. The number of aromatic nitrogens is 3. The average Bonchev–Trinajstić information content (AvgIpc) is 2.95. The Labute approximate surface area is 95.1 Å².